The van der Waals surface area contributed by atoms with E-state index >= 15 is 0 Å². The molecule has 2 aromatic carbocycles. The van der Waals surface area contributed by atoms with Crippen LogP contribution in [0.25, 0.3) is 0 Å². The molecule has 0 aromatic heterocycles. The van der Waals surface area contributed by atoms with E-state index in [0.717, 1.165) is 21.8 Å². The van der Waals surface area contributed by atoms with Crippen LogP contribution in [-0.4, -0.2) is 38.6 Å². The van der Waals surface area contributed by atoms with Crippen molar-refractivity contribution in [1.82, 2.24) is 0 Å². The van der Waals surface area contributed by atoms with Crippen LogP contribution >= 0.6 is 0 Å². The Kier molecular flexibility index (Phi) is 4.88. The first-order valence-corrected chi connectivity index (χ1v) is 10.1. The molecule has 1 aliphatic heterocycles. The average molecular weight is 389 g/mol. The minimum Gasteiger partial charge on any atom is -0.310 e. The Morgan fingerprint density at radius 3 is 2.59 bits per heavy atom. The van der Waals surface area contributed by atoms with Crippen molar-refractivity contribution < 1.29 is 18.1 Å². The highest BCUT2D eigenvalue weighted by molar-refractivity contribution is 7.92. The van der Waals surface area contributed by atoms with Crippen LogP contribution in [0.1, 0.15) is 11.1 Å². The molecular weight excluding hydrogens is 370 g/mol. The maximum Gasteiger partial charge on any atom is 0.274 e. The first kappa shape index (κ1) is 18.8. The van der Waals surface area contributed by atoms with E-state index in [4.69, 9.17) is 0 Å². The van der Waals surface area contributed by atoms with E-state index in [0.29, 0.717) is 13.0 Å². The molecule has 3 rings (SSSR count). The van der Waals surface area contributed by atoms with Crippen molar-refractivity contribution in [3.63, 3.8) is 0 Å². The van der Waals surface area contributed by atoms with E-state index in [-0.39, 0.29) is 22.8 Å². The summed E-state index contributed by atoms with van der Waals surface area (Å²) >= 11 is 0. The van der Waals surface area contributed by atoms with Gasteiger partial charge in [0.05, 0.1) is 22.4 Å². The third-order valence-electron chi connectivity index (χ3n) is 4.61. The summed E-state index contributed by atoms with van der Waals surface area (Å²) in [5, 5.41) is 11.2. The lowest BCUT2D eigenvalue weighted by Gasteiger charge is -2.26. The smallest absolute Gasteiger partial charge is 0.274 e. The predicted octanol–water partition coefficient (Wildman–Crippen LogP) is 2.26. The van der Waals surface area contributed by atoms with Crippen LogP contribution in [0.5, 0.6) is 0 Å². The highest BCUT2D eigenvalue weighted by atomic mass is 32.2. The van der Waals surface area contributed by atoms with Crippen LogP contribution in [0.4, 0.5) is 17.1 Å². The number of carbonyl (C=O) groups excluding carboxylic acids is 1. The summed E-state index contributed by atoms with van der Waals surface area (Å²) in [6.45, 7) is 1.53. The van der Waals surface area contributed by atoms with Crippen LogP contribution in [0.15, 0.2) is 42.5 Å². The Balaban J connectivity index is 1.96. The van der Waals surface area contributed by atoms with Gasteiger partial charge >= 0.3 is 0 Å². The molecule has 142 valence electrons. The van der Waals surface area contributed by atoms with Gasteiger partial charge in [0, 0.05) is 18.3 Å². The van der Waals surface area contributed by atoms with Gasteiger partial charge in [0.1, 0.15) is 6.54 Å². The highest BCUT2D eigenvalue weighted by Gasteiger charge is 2.30. The zero-order valence-electron chi connectivity index (χ0n) is 15.0. The van der Waals surface area contributed by atoms with Gasteiger partial charge in [-0.2, -0.15) is 0 Å². The van der Waals surface area contributed by atoms with E-state index in [1.165, 1.54) is 25.1 Å². The summed E-state index contributed by atoms with van der Waals surface area (Å²) in [6.07, 6.45) is 1.69. The molecule has 1 aliphatic rings. The zero-order valence-corrected chi connectivity index (χ0v) is 15.8. The quantitative estimate of drug-likeness (QED) is 0.577. The number of para-hydroxylation sites is 1. The van der Waals surface area contributed by atoms with Crippen molar-refractivity contribution in [1.29, 1.82) is 0 Å². The fourth-order valence-electron chi connectivity index (χ4n) is 3.27. The number of fused-ring (bicyclic) bond motifs is 1. The first-order chi connectivity index (χ1) is 12.7. The Morgan fingerprint density at radius 1 is 1.22 bits per heavy atom. The van der Waals surface area contributed by atoms with E-state index in [1.54, 1.807) is 4.90 Å². The highest BCUT2D eigenvalue weighted by Crippen LogP contribution is 2.31. The average Bonchev–Trinajstić information content (AvgIpc) is 3.03. The van der Waals surface area contributed by atoms with Crippen molar-refractivity contribution in [2.45, 2.75) is 13.3 Å². The number of anilines is 2. The number of sulfonamides is 1. The molecule has 0 spiro atoms. The molecule has 1 amide bonds. The summed E-state index contributed by atoms with van der Waals surface area (Å²) in [6, 6.07) is 11.7. The number of nitrogens with zero attached hydrogens (tertiary/aromatic N) is 3. The maximum absolute atomic E-state index is 12.9. The molecule has 0 saturated heterocycles. The van der Waals surface area contributed by atoms with E-state index in [2.05, 4.69) is 0 Å². The van der Waals surface area contributed by atoms with Gasteiger partial charge in [0.2, 0.25) is 15.9 Å². The number of benzene rings is 2. The summed E-state index contributed by atoms with van der Waals surface area (Å²) in [5.41, 5.74) is 1.94. The molecule has 0 fully saturated rings. The van der Waals surface area contributed by atoms with Gasteiger partial charge in [0.25, 0.3) is 5.69 Å². The summed E-state index contributed by atoms with van der Waals surface area (Å²) < 4.78 is 25.6. The second-order valence-corrected chi connectivity index (χ2v) is 8.28. The van der Waals surface area contributed by atoms with Crippen molar-refractivity contribution >= 4 is 33.0 Å². The molecule has 0 radical (unpaired) electrons. The number of hydrogen-bond donors (Lipinski definition) is 0. The minimum absolute atomic E-state index is 0.132. The zero-order chi connectivity index (χ0) is 19.8. The Labute approximate surface area is 157 Å². The largest absolute Gasteiger partial charge is 0.310 e. The molecule has 1 heterocycles. The van der Waals surface area contributed by atoms with Crippen LogP contribution in [0.2, 0.25) is 0 Å². The lowest BCUT2D eigenvalue weighted by Crippen LogP contribution is -2.42. The lowest BCUT2D eigenvalue weighted by atomic mass is 10.1. The molecule has 0 saturated carbocycles. The molecular formula is C18H19N3O5S. The van der Waals surface area contributed by atoms with Crippen LogP contribution in [0, 0.1) is 17.0 Å². The number of nitro groups is 1. The molecule has 8 nitrogen and oxygen atoms in total. The van der Waals surface area contributed by atoms with Crippen LogP contribution in [-0.2, 0) is 21.2 Å². The second kappa shape index (κ2) is 6.99. The third kappa shape index (κ3) is 3.63. The van der Waals surface area contributed by atoms with Crippen molar-refractivity contribution in [2.75, 3.05) is 28.6 Å². The van der Waals surface area contributed by atoms with Gasteiger partial charge in [-0.3, -0.25) is 19.2 Å². The molecule has 0 unspecified atom stereocenters. The number of amides is 1. The van der Waals surface area contributed by atoms with Gasteiger partial charge in [-0.1, -0.05) is 24.3 Å². The normalized spacial score (nSPS) is 13.3. The minimum atomic E-state index is -3.82. The summed E-state index contributed by atoms with van der Waals surface area (Å²) in [7, 11) is -3.82. The molecule has 27 heavy (non-hydrogen) atoms. The number of carbonyl (C=O) groups is 1. The Hall–Kier alpha value is -2.94. The fraction of sp³-hybridized carbons (Fsp3) is 0.278. The Morgan fingerprint density at radius 2 is 1.93 bits per heavy atom. The molecule has 0 aliphatic carbocycles. The van der Waals surface area contributed by atoms with Gasteiger partial charge in [-0.25, -0.2) is 8.42 Å². The second-order valence-electron chi connectivity index (χ2n) is 6.37. The van der Waals surface area contributed by atoms with E-state index in [9.17, 15) is 23.3 Å². The van der Waals surface area contributed by atoms with Crippen molar-refractivity contribution in [2.24, 2.45) is 0 Å². The standard InChI is InChI=1S/C18H19N3O5S/c1-13-15(8-5-9-16(13)21(23)24)20(27(2,25)26)12-18(22)19-11-10-14-6-3-4-7-17(14)19/h3-9H,10-12H2,1-2H3. The monoisotopic (exact) mass is 389 g/mol. The molecule has 0 N–H and O–H groups in total. The SMILES string of the molecule is Cc1c(N(CC(=O)N2CCc3ccccc32)S(C)(=O)=O)cccc1[N+](=O)[O-]. The van der Waals surface area contributed by atoms with Gasteiger partial charge in [-0.05, 0) is 31.0 Å². The maximum atomic E-state index is 12.9. The van der Waals surface area contributed by atoms with Gasteiger partial charge in [0.15, 0.2) is 0 Å². The molecule has 0 bridgehead atoms. The van der Waals surface area contributed by atoms with Crippen LogP contribution in [0.3, 0.4) is 0 Å². The van der Waals surface area contributed by atoms with Gasteiger partial charge in [-0.15, -0.1) is 0 Å². The van der Waals surface area contributed by atoms with Crippen molar-refractivity contribution in [3.8, 4) is 0 Å². The van der Waals surface area contributed by atoms with Gasteiger partial charge < -0.3 is 4.90 Å². The summed E-state index contributed by atoms with van der Waals surface area (Å²) in [4.78, 5) is 25.0. The molecule has 0 atom stereocenters. The number of hydrogen-bond acceptors (Lipinski definition) is 5. The topological polar surface area (TPSA) is 101 Å². The Bertz CT molecular complexity index is 1020. The molecule has 9 heteroatoms. The van der Waals surface area contributed by atoms with Crippen LogP contribution < -0.4 is 9.21 Å². The number of rotatable bonds is 5. The third-order valence-corrected chi connectivity index (χ3v) is 5.74. The number of nitro benzene ring substituents is 1. The van der Waals surface area contributed by atoms with E-state index in [1.807, 2.05) is 24.3 Å². The fourth-order valence-corrected chi connectivity index (χ4v) is 4.17. The molecule has 2 aromatic rings. The van der Waals surface area contributed by atoms with E-state index < -0.39 is 21.5 Å². The van der Waals surface area contributed by atoms with Crippen molar-refractivity contribution in [3.05, 3.63) is 63.7 Å². The lowest BCUT2D eigenvalue weighted by molar-refractivity contribution is -0.385. The predicted molar refractivity (Wildman–Crippen MR) is 103 cm³/mol. The summed E-state index contributed by atoms with van der Waals surface area (Å²) in [5.74, 6) is -0.378. The first-order valence-electron chi connectivity index (χ1n) is 8.30.